The Hall–Kier alpha value is -4.20. The minimum Gasteiger partial charge on any atom is -0.497 e. The number of urea groups is 1. The van der Waals surface area contributed by atoms with Crippen molar-refractivity contribution in [2.75, 3.05) is 37.0 Å². The second kappa shape index (κ2) is 9.58. The molecule has 0 radical (unpaired) electrons. The normalized spacial score (nSPS) is 15.8. The van der Waals surface area contributed by atoms with Crippen LogP contribution in [-0.2, 0) is 0 Å². The van der Waals surface area contributed by atoms with Crippen molar-refractivity contribution in [3.05, 3.63) is 78.6 Å². The first kappa shape index (κ1) is 22.6. The summed E-state index contributed by atoms with van der Waals surface area (Å²) >= 11 is 0. The van der Waals surface area contributed by atoms with Gasteiger partial charge in [-0.2, -0.15) is 0 Å². The minimum atomic E-state index is -0.287. The van der Waals surface area contributed by atoms with Gasteiger partial charge in [-0.15, -0.1) is 10.2 Å². The highest BCUT2D eigenvalue weighted by molar-refractivity contribution is 6.00. The van der Waals surface area contributed by atoms with E-state index in [4.69, 9.17) is 4.74 Å². The van der Waals surface area contributed by atoms with Crippen LogP contribution in [-0.4, -0.2) is 53.9 Å². The van der Waals surface area contributed by atoms with Crippen LogP contribution >= 0.6 is 0 Å². The van der Waals surface area contributed by atoms with Gasteiger partial charge in [0.1, 0.15) is 17.3 Å². The first-order valence-electron chi connectivity index (χ1n) is 11.5. The van der Waals surface area contributed by atoms with Gasteiger partial charge in [0.05, 0.1) is 7.11 Å². The molecule has 1 atom stereocenters. The molecule has 0 bridgehead atoms. The molecule has 1 fully saturated rings. The number of carbonyl (C=O) groups is 1. The molecule has 35 heavy (non-hydrogen) atoms. The molecule has 5 rings (SSSR count). The molecule has 2 amide bonds. The van der Waals surface area contributed by atoms with Gasteiger partial charge in [-0.05, 0) is 55.5 Å². The van der Waals surface area contributed by atoms with Gasteiger partial charge in [-0.3, -0.25) is 0 Å². The van der Waals surface area contributed by atoms with Crippen molar-refractivity contribution in [1.82, 2.24) is 15.1 Å². The van der Waals surface area contributed by atoms with E-state index in [1.165, 1.54) is 12.1 Å². The number of anilines is 2. The average molecular weight is 472 g/mol. The Labute approximate surface area is 203 Å². The maximum absolute atomic E-state index is 13.4. The lowest BCUT2D eigenvalue weighted by Crippen LogP contribution is -2.55. The lowest BCUT2D eigenvalue weighted by Gasteiger charge is -2.40. The highest BCUT2D eigenvalue weighted by Crippen LogP contribution is 2.32. The number of ether oxygens (including phenoxy) is 1. The van der Waals surface area contributed by atoms with E-state index >= 15 is 0 Å². The summed E-state index contributed by atoms with van der Waals surface area (Å²) in [7, 11) is 1.61. The molecule has 1 N–H and O–H groups in total. The lowest BCUT2D eigenvalue weighted by atomic mass is 10.0. The Balaban J connectivity index is 1.35. The van der Waals surface area contributed by atoms with Crippen LogP contribution in [0.3, 0.4) is 0 Å². The zero-order valence-electron chi connectivity index (χ0n) is 19.6. The van der Waals surface area contributed by atoms with Crippen molar-refractivity contribution in [2.45, 2.75) is 13.0 Å². The van der Waals surface area contributed by atoms with E-state index in [2.05, 4.69) is 20.4 Å². The monoisotopic (exact) mass is 471 g/mol. The van der Waals surface area contributed by atoms with Crippen LogP contribution < -0.4 is 15.0 Å². The molecule has 8 heteroatoms. The van der Waals surface area contributed by atoms with E-state index < -0.39 is 0 Å². The van der Waals surface area contributed by atoms with Crippen molar-refractivity contribution in [1.29, 1.82) is 0 Å². The highest BCUT2D eigenvalue weighted by Gasteiger charge is 2.29. The second-order valence-electron chi connectivity index (χ2n) is 8.57. The summed E-state index contributed by atoms with van der Waals surface area (Å²) in [4.78, 5) is 16.9. The third kappa shape index (κ3) is 4.59. The van der Waals surface area contributed by atoms with Crippen LogP contribution in [0.15, 0.2) is 72.8 Å². The molecule has 1 saturated heterocycles. The van der Waals surface area contributed by atoms with Crippen LogP contribution in [0.4, 0.5) is 20.7 Å². The number of rotatable bonds is 4. The number of hydrogen-bond donors (Lipinski definition) is 1. The largest absolute Gasteiger partial charge is 0.497 e. The van der Waals surface area contributed by atoms with Gasteiger partial charge in [0.25, 0.3) is 0 Å². The van der Waals surface area contributed by atoms with Crippen molar-refractivity contribution >= 4 is 28.3 Å². The quantitative estimate of drug-likeness (QED) is 0.444. The Morgan fingerprint density at radius 2 is 1.69 bits per heavy atom. The van der Waals surface area contributed by atoms with E-state index in [0.717, 1.165) is 39.3 Å². The SMILES string of the molecule is COc1ccc(NC(=O)N2CCN(c3nnc(-c4ccc(F)cc4)c4ccccc34)C[C@@H]2C)cc1. The molecule has 4 aromatic rings. The third-order valence-electron chi connectivity index (χ3n) is 6.31. The van der Waals surface area contributed by atoms with Gasteiger partial charge in [0, 0.05) is 47.7 Å². The Kier molecular flexibility index (Phi) is 6.18. The zero-order valence-corrected chi connectivity index (χ0v) is 19.6. The third-order valence-corrected chi connectivity index (χ3v) is 6.31. The molecular weight excluding hydrogens is 445 g/mol. The Bertz CT molecular complexity index is 1340. The molecule has 7 nitrogen and oxygen atoms in total. The molecule has 3 aromatic carbocycles. The van der Waals surface area contributed by atoms with Gasteiger partial charge >= 0.3 is 6.03 Å². The molecule has 0 saturated carbocycles. The van der Waals surface area contributed by atoms with Crippen LogP contribution in [0.2, 0.25) is 0 Å². The minimum absolute atomic E-state index is 0.0284. The summed E-state index contributed by atoms with van der Waals surface area (Å²) in [5, 5.41) is 14.0. The Morgan fingerprint density at radius 3 is 2.37 bits per heavy atom. The zero-order chi connectivity index (χ0) is 24.4. The van der Waals surface area contributed by atoms with E-state index in [-0.39, 0.29) is 17.9 Å². The van der Waals surface area contributed by atoms with Gasteiger partial charge in [0.2, 0.25) is 0 Å². The molecule has 178 valence electrons. The van der Waals surface area contributed by atoms with E-state index in [1.54, 1.807) is 19.2 Å². The van der Waals surface area contributed by atoms with Gasteiger partial charge < -0.3 is 19.9 Å². The van der Waals surface area contributed by atoms with Gasteiger partial charge in [0.15, 0.2) is 5.82 Å². The fraction of sp³-hybridized carbons (Fsp3) is 0.222. The molecule has 1 aromatic heterocycles. The van der Waals surface area contributed by atoms with Gasteiger partial charge in [-0.25, -0.2) is 9.18 Å². The number of amides is 2. The molecule has 0 unspecified atom stereocenters. The predicted octanol–water partition coefficient (Wildman–Crippen LogP) is 5.19. The van der Waals surface area contributed by atoms with Crippen molar-refractivity contribution in [3.8, 4) is 17.0 Å². The molecule has 0 aliphatic carbocycles. The van der Waals surface area contributed by atoms with Crippen molar-refractivity contribution < 1.29 is 13.9 Å². The first-order valence-corrected chi connectivity index (χ1v) is 11.5. The van der Waals surface area contributed by atoms with E-state index in [9.17, 15) is 9.18 Å². The number of piperazine rings is 1. The number of hydrogen-bond acceptors (Lipinski definition) is 5. The maximum Gasteiger partial charge on any atom is 0.322 e. The number of halogens is 1. The summed E-state index contributed by atoms with van der Waals surface area (Å²) in [6.45, 7) is 3.85. The first-order chi connectivity index (χ1) is 17.0. The highest BCUT2D eigenvalue weighted by atomic mass is 19.1. The molecular formula is C27H26FN5O2. The predicted molar refractivity (Wildman–Crippen MR) is 135 cm³/mol. The van der Waals surface area contributed by atoms with E-state index in [1.807, 2.05) is 60.4 Å². The topological polar surface area (TPSA) is 70.6 Å². The number of carbonyl (C=O) groups excluding carboxylic acids is 1. The number of benzene rings is 3. The maximum atomic E-state index is 13.4. The smallest absolute Gasteiger partial charge is 0.322 e. The van der Waals surface area contributed by atoms with Crippen LogP contribution in [0.5, 0.6) is 5.75 Å². The fourth-order valence-corrected chi connectivity index (χ4v) is 4.47. The summed E-state index contributed by atoms with van der Waals surface area (Å²) in [5.41, 5.74) is 2.25. The molecule has 1 aliphatic rings. The van der Waals surface area contributed by atoms with Crippen molar-refractivity contribution in [3.63, 3.8) is 0 Å². The van der Waals surface area contributed by atoms with E-state index in [0.29, 0.717) is 19.6 Å². The van der Waals surface area contributed by atoms with Gasteiger partial charge in [-0.1, -0.05) is 24.3 Å². The summed E-state index contributed by atoms with van der Waals surface area (Å²) in [6, 6.07) is 21.4. The Morgan fingerprint density at radius 1 is 0.971 bits per heavy atom. The van der Waals surface area contributed by atoms with Crippen molar-refractivity contribution in [2.24, 2.45) is 0 Å². The number of nitrogens with one attached hydrogen (secondary N) is 1. The van der Waals surface area contributed by atoms with Crippen LogP contribution in [0, 0.1) is 5.82 Å². The number of nitrogens with zero attached hydrogens (tertiary/aromatic N) is 4. The number of methoxy groups -OCH3 is 1. The lowest BCUT2D eigenvalue weighted by molar-refractivity contribution is 0.184. The average Bonchev–Trinajstić information content (AvgIpc) is 2.89. The number of fused-ring (bicyclic) bond motifs is 1. The standard InChI is InChI=1S/C27H26FN5O2/c1-18-17-32(15-16-33(18)27(34)29-21-11-13-22(35-2)14-12-21)26-24-6-4-3-5-23(24)25(30-31-26)19-7-9-20(28)10-8-19/h3-14,18H,15-17H2,1-2H3,(H,29,34)/t18-/m0/s1. The fourth-order valence-electron chi connectivity index (χ4n) is 4.47. The summed E-state index contributed by atoms with van der Waals surface area (Å²) in [6.07, 6.45) is 0. The summed E-state index contributed by atoms with van der Waals surface area (Å²) < 4.78 is 18.6. The van der Waals surface area contributed by atoms with Crippen LogP contribution in [0.25, 0.3) is 22.0 Å². The molecule has 1 aliphatic heterocycles. The number of aromatic nitrogens is 2. The second-order valence-corrected chi connectivity index (χ2v) is 8.57. The molecule has 0 spiro atoms. The molecule has 2 heterocycles. The summed E-state index contributed by atoms with van der Waals surface area (Å²) in [5.74, 6) is 1.24. The van der Waals surface area contributed by atoms with Crippen LogP contribution in [0.1, 0.15) is 6.92 Å².